The third kappa shape index (κ3) is 13.9. The summed E-state index contributed by atoms with van der Waals surface area (Å²) in [5, 5.41) is 19.3. The van der Waals surface area contributed by atoms with Crippen LogP contribution in [0.4, 0.5) is 10.1 Å². The second-order valence-electron chi connectivity index (χ2n) is 22.0. The van der Waals surface area contributed by atoms with Crippen molar-refractivity contribution in [2.45, 2.75) is 160 Å². The van der Waals surface area contributed by atoms with Gasteiger partial charge in [0.15, 0.2) is 5.67 Å². The fourth-order valence-electron chi connectivity index (χ4n) is 10.3. The molecule has 0 spiro atoms. The zero-order valence-electron chi connectivity index (χ0n) is 44.6. The van der Waals surface area contributed by atoms with Crippen molar-refractivity contribution in [2.75, 3.05) is 31.3 Å². The van der Waals surface area contributed by atoms with Crippen LogP contribution >= 0.6 is 11.3 Å². The molecule has 77 heavy (non-hydrogen) atoms. The van der Waals surface area contributed by atoms with Gasteiger partial charge >= 0.3 is 0 Å². The van der Waals surface area contributed by atoms with Gasteiger partial charge in [-0.1, -0.05) is 75.4 Å². The molecule has 2 fully saturated rings. The minimum Gasteiger partial charge on any atom is -0.491 e. The molecule has 4 aromatic rings. The summed E-state index contributed by atoms with van der Waals surface area (Å²) in [5.74, 6) is -2.45. The quantitative estimate of drug-likeness (QED) is 0.0525. The van der Waals surface area contributed by atoms with Crippen LogP contribution in [0.3, 0.4) is 0 Å². The lowest BCUT2D eigenvalue weighted by Gasteiger charge is -2.35. The molecule has 0 bridgehead atoms. The van der Waals surface area contributed by atoms with Gasteiger partial charge in [0.05, 0.1) is 59.3 Å². The highest BCUT2D eigenvalue weighted by Gasteiger charge is 2.53. The third-order valence-electron chi connectivity index (χ3n) is 15.0. The number of carbonyl (C=O) groups is 6. The molecule has 4 aliphatic rings. The number of nitrogens with zero attached hydrogens (tertiary/aromatic N) is 3. The molecule has 1 aromatic heterocycles. The van der Waals surface area contributed by atoms with E-state index < -0.39 is 77.1 Å². The second kappa shape index (κ2) is 24.6. The average molecular weight is 1080 g/mol. The number of aryl methyl sites for hydroxylation is 3. The number of thiazole rings is 1. The molecule has 18 nitrogen and oxygen atoms in total. The summed E-state index contributed by atoms with van der Waals surface area (Å²) in [6, 6.07) is 15.5. The molecular formula is C57H73FN8O10S. The number of para-hydroxylation sites is 1. The Morgan fingerprint density at radius 1 is 0.974 bits per heavy atom. The smallest absolute Gasteiger partial charge is 0.258 e. The topological polar surface area (TPSA) is 258 Å². The number of nitrogens with two attached hydrogens (primary N) is 2. The average Bonchev–Trinajstić information content (AvgIpc) is 3.81. The van der Waals surface area contributed by atoms with Crippen molar-refractivity contribution in [2.24, 2.45) is 16.9 Å². The summed E-state index contributed by atoms with van der Waals surface area (Å²) < 4.78 is 33.2. The van der Waals surface area contributed by atoms with E-state index in [2.05, 4.69) is 20.9 Å². The fraction of sp³-hybridized carbons (Fsp3) is 0.526. The number of amides is 6. The van der Waals surface area contributed by atoms with Crippen LogP contribution in [0, 0.1) is 12.3 Å². The van der Waals surface area contributed by atoms with Crippen LogP contribution in [0.25, 0.3) is 10.4 Å². The molecule has 1 aliphatic carbocycles. The monoisotopic (exact) mass is 1080 g/mol. The number of benzene rings is 3. The lowest BCUT2D eigenvalue weighted by atomic mass is 9.85. The Labute approximate surface area is 453 Å². The van der Waals surface area contributed by atoms with E-state index in [0.717, 1.165) is 56.9 Å². The number of alkyl halides is 1. The SMILES string of the molecule is Cc1ncsc1-c1ccc(CNC(=O)[C@@H]2C[C@@H](O)CN2C(=O)[C@@H](NC(=O)C2(F)CC2)C(C)(C)C)c(OCCOCCCc2ccc(CO[C@H](C)[C@H](CCC(N)=O)NC(=O)[C@@H]3Cc4cccc5c4N3C(=O)[C@@H](N)CC5)cc2)c1. The van der Waals surface area contributed by atoms with Gasteiger partial charge in [0.25, 0.3) is 5.91 Å². The summed E-state index contributed by atoms with van der Waals surface area (Å²) in [6.07, 6.45) is 2.10. The van der Waals surface area contributed by atoms with Crippen molar-refractivity contribution in [1.82, 2.24) is 25.8 Å². The van der Waals surface area contributed by atoms with E-state index in [9.17, 15) is 38.3 Å². The molecule has 8 N–H and O–H groups in total. The van der Waals surface area contributed by atoms with E-state index in [0.29, 0.717) is 43.8 Å². The Morgan fingerprint density at radius 3 is 2.42 bits per heavy atom. The second-order valence-corrected chi connectivity index (χ2v) is 22.8. The van der Waals surface area contributed by atoms with Crippen LogP contribution in [0.1, 0.15) is 106 Å². The minimum absolute atomic E-state index is 0.00529. The normalized spacial score (nSPS) is 20.6. The molecule has 0 radical (unpaired) electrons. The van der Waals surface area contributed by atoms with Crippen molar-refractivity contribution >= 4 is 52.5 Å². The van der Waals surface area contributed by atoms with Crippen LogP contribution in [0.15, 0.2) is 66.2 Å². The van der Waals surface area contributed by atoms with Crippen LogP contribution in [0.5, 0.6) is 5.75 Å². The number of hydrogen-bond donors (Lipinski definition) is 6. The van der Waals surface area contributed by atoms with E-state index in [4.69, 9.17) is 25.7 Å². The number of rotatable bonds is 24. The maximum Gasteiger partial charge on any atom is 0.258 e. The van der Waals surface area contributed by atoms with E-state index >= 15 is 0 Å². The molecule has 4 heterocycles. The first-order chi connectivity index (χ1) is 36.7. The van der Waals surface area contributed by atoms with Gasteiger partial charge in [0.2, 0.25) is 29.5 Å². The Kier molecular flexibility index (Phi) is 18.1. The maximum absolute atomic E-state index is 14.7. The number of β-amino-alcohol motifs (C(OH)–C–C–N with tert-alkyl or cyclic N) is 1. The number of aliphatic hydroxyl groups excluding tert-OH is 1. The van der Waals surface area contributed by atoms with E-state index in [-0.39, 0.29) is 70.2 Å². The molecule has 20 heteroatoms. The van der Waals surface area contributed by atoms with Crippen LogP contribution in [-0.2, 0) is 70.7 Å². The van der Waals surface area contributed by atoms with Gasteiger partial charge in [-0.05, 0) is 98.1 Å². The Bertz CT molecular complexity index is 2800. The molecule has 3 aliphatic heterocycles. The zero-order chi connectivity index (χ0) is 55.2. The first-order valence-electron chi connectivity index (χ1n) is 26.7. The van der Waals surface area contributed by atoms with E-state index in [1.54, 1.807) is 31.2 Å². The van der Waals surface area contributed by atoms with Gasteiger partial charge < -0.3 is 51.6 Å². The summed E-state index contributed by atoms with van der Waals surface area (Å²) in [6.45, 7) is 10.3. The number of aliphatic hydroxyl groups is 1. The highest BCUT2D eigenvalue weighted by Crippen LogP contribution is 2.41. The number of hydrogen-bond acceptors (Lipinski definition) is 13. The van der Waals surface area contributed by atoms with Gasteiger partial charge in [-0.15, -0.1) is 11.3 Å². The first-order valence-corrected chi connectivity index (χ1v) is 27.6. The highest BCUT2D eigenvalue weighted by molar-refractivity contribution is 7.13. The number of aromatic nitrogens is 1. The van der Waals surface area contributed by atoms with Gasteiger partial charge in [-0.3, -0.25) is 33.7 Å². The summed E-state index contributed by atoms with van der Waals surface area (Å²) in [7, 11) is 0. The maximum atomic E-state index is 14.7. The fourth-order valence-corrected chi connectivity index (χ4v) is 11.1. The predicted molar refractivity (Wildman–Crippen MR) is 288 cm³/mol. The van der Waals surface area contributed by atoms with E-state index in [1.807, 2.05) is 74.5 Å². The van der Waals surface area contributed by atoms with E-state index in [1.165, 1.54) is 16.2 Å². The molecule has 7 atom stereocenters. The number of nitrogens with one attached hydrogen (secondary N) is 3. The number of likely N-dealkylation sites (tertiary alicyclic amines) is 1. The lowest BCUT2D eigenvalue weighted by Crippen LogP contribution is -2.59. The third-order valence-corrected chi connectivity index (χ3v) is 16.0. The molecule has 8 rings (SSSR count). The summed E-state index contributed by atoms with van der Waals surface area (Å²) in [4.78, 5) is 88.0. The number of halogens is 1. The van der Waals surface area contributed by atoms with Crippen LogP contribution in [0.2, 0.25) is 0 Å². The standard InChI is InChI=1S/C57H73FN8O10S/c1-33-49(77-32-62-33)39-15-16-40(29-61-51(69)44-28-41(67)30-65(44)54(72)50(56(3,4)5)64-55(73)57(58)21-22-57)46(27-39)75-25-24-74-23-7-8-35-11-13-36(14-12-35)31-76-34(2)43(19-20-47(60)68)63-52(70)45-26-38-10-6-9-37-17-18-42(59)53(71)66(45)48(37)38/h6,9-16,27,32,34,41-45,50,67H,7-8,17-26,28-31,59H2,1-5H3,(H2,60,68)(H,61,69)(H,63,70)(H,64,73)/t34-,41-,42+,43+,44+,45+,50-/m1/s1. The van der Waals surface area contributed by atoms with Crippen molar-refractivity contribution in [1.29, 1.82) is 0 Å². The number of primary amides is 1. The molecule has 1 saturated carbocycles. The Hall–Kier alpha value is -6.32. The van der Waals surface area contributed by atoms with Crippen LogP contribution in [-0.4, -0.2) is 125 Å². The lowest BCUT2D eigenvalue weighted by molar-refractivity contribution is -0.145. The van der Waals surface area contributed by atoms with Crippen molar-refractivity contribution in [3.8, 4) is 16.2 Å². The number of anilines is 1. The zero-order valence-corrected chi connectivity index (χ0v) is 45.4. The van der Waals surface area contributed by atoms with Gasteiger partial charge in [0, 0.05) is 44.5 Å². The van der Waals surface area contributed by atoms with Crippen molar-refractivity contribution in [3.05, 3.63) is 99.7 Å². The van der Waals surface area contributed by atoms with Crippen molar-refractivity contribution < 1.29 is 52.5 Å². The summed E-state index contributed by atoms with van der Waals surface area (Å²) >= 11 is 1.50. The number of ether oxygens (including phenoxy) is 3. The molecule has 414 valence electrons. The van der Waals surface area contributed by atoms with Crippen molar-refractivity contribution in [3.63, 3.8) is 0 Å². The van der Waals surface area contributed by atoms with Gasteiger partial charge in [-0.25, -0.2) is 9.37 Å². The molecule has 3 aromatic carbocycles. The molecular weight excluding hydrogens is 1010 g/mol. The summed E-state index contributed by atoms with van der Waals surface area (Å²) in [5.41, 5.74) is 18.0. The first kappa shape index (κ1) is 56.9. The van der Waals surface area contributed by atoms with Crippen LogP contribution < -0.4 is 37.1 Å². The predicted octanol–water partition coefficient (Wildman–Crippen LogP) is 4.64. The molecule has 0 unspecified atom stereocenters. The Morgan fingerprint density at radius 2 is 1.71 bits per heavy atom. The molecule has 1 saturated heterocycles. The number of carbonyl (C=O) groups excluding carboxylic acids is 6. The highest BCUT2D eigenvalue weighted by atomic mass is 32.1. The largest absolute Gasteiger partial charge is 0.491 e. The van der Waals surface area contributed by atoms with Gasteiger partial charge in [-0.2, -0.15) is 0 Å². The minimum atomic E-state index is -1.99. The Balaban J connectivity index is 0.798. The molecule has 6 amide bonds. The van der Waals surface area contributed by atoms with Gasteiger partial charge in [0.1, 0.15) is 30.5 Å².